The van der Waals surface area contributed by atoms with Crippen LogP contribution in [-0.2, 0) is 0 Å². The molecule has 0 saturated carbocycles. The molecule has 0 aromatic heterocycles. The van der Waals surface area contributed by atoms with Crippen LogP contribution in [-0.4, -0.2) is 63.2 Å². The van der Waals surface area contributed by atoms with Gasteiger partial charge in [0.25, 0.3) is 0 Å². The Kier molecular flexibility index (Phi) is 7.98. The summed E-state index contributed by atoms with van der Waals surface area (Å²) in [5.74, 6) is 0. The van der Waals surface area contributed by atoms with Gasteiger partial charge in [-0.3, -0.25) is 0 Å². The van der Waals surface area contributed by atoms with E-state index in [1.165, 1.54) is 0 Å². The summed E-state index contributed by atoms with van der Waals surface area (Å²) in [4.78, 5) is 4.71. The SMILES string of the molecule is CCN(CC)CCNCC(C)(C)CN(C)C. The lowest BCUT2D eigenvalue weighted by atomic mass is 9.93. The molecule has 0 amide bonds. The summed E-state index contributed by atoms with van der Waals surface area (Å²) in [6.45, 7) is 15.9. The quantitative estimate of drug-likeness (QED) is 0.605. The van der Waals surface area contributed by atoms with Crippen LogP contribution in [0.1, 0.15) is 27.7 Å². The summed E-state index contributed by atoms with van der Waals surface area (Å²) in [5, 5.41) is 3.56. The minimum atomic E-state index is 0.354. The average molecular weight is 229 g/mol. The molecule has 0 aromatic carbocycles. The standard InChI is InChI=1S/C13H31N3/c1-7-16(8-2)10-9-14-11-13(3,4)12-15(5)6/h14H,7-12H2,1-6H3. The molecule has 0 fully saturated rings. The van der Waals surface area contributed by atoms with E-state index in [4.69, 9.17) is 0 Å². The third kappa shape index (κ3) is 8.08. The third-order valence-electron chi connectivity index (χ3n) is 2.85. The molecule has 0 aliphatic heterocycles. The molecule has 0 bridgehead atoms. The Morgan fingerprint density at radius 2 is 1.62 bits per heavy atom. The highest BCUT2D eigenvalue weighted by Gasteiger charge is 2.17. The minimum Gasteiger partial charge on any atom is -0.315 e. The van der Waals surface area contributed by atoms with E-state index in [1.54, 1.807) is 0 Å². The van der Waals surface area contributed by atoms with Crippen molar-refractivity contribution in [1.29, 1.82) is 0 Å². The first-order valence-corrected chi connectivity index (χ1v) is 6.49. The molecule has 0 spiro atoms. The van der Waals surface area contributed by atoms with Crippen LogP contribution in [0.2, 0.25) is 0 Å². The zero-order valence-electron chi connectivity index (χ0n) is 12.1. The van der Waals surface area contributed by atoms with Crippen LogP contribution in [0.25, 0.3) is 0 Å². The molecule has 0 atom stereocenters. The molecule has 16 heavy (non-hydrogen) atoms. The fraction of sp³-hybridized carbons (Fsp3) is 1.00. The predicted octanol–water partition coefficient (Wildman–Crippen LogP) is 1.51. The fourth-order valence-corrected chi connectivity index (χ4v) is 2.12. The van der Waals surface area contributed by atoms with Gasteiger partial charge in [0.2, 0.25) is 0 Å². The van der Waals surface area contributed by atoms with Gasteiger partial charge >= 0.3 is 0 Å². The van der Waals surface area contributed by atoms with Crippen molar-refractivity contribution in [2.24, 2.45) is 5.41 Å². The lowest BCUT2D eigenvalue weighted by Gasteiger charge is -2.29. The molecular weight excluding hydrogens is 198 g/mol. The molecule has 98 valence electrons. The molecule has 3 heteroatoms. The molecule has 0 aromatic rings. The minimum absolute atomic E-state index is 0.354. The number of rotatable bonds is 9. The van der Waals surface area contributed by atoms with E-state index >= 15 is 0 Å². The highest BCUT2D eigenvalue weighted by Crippen LogP contribution is 2.13. The second-order valence-corrected chi connectivity index (χ2v) is 5.61. The Bertz CT molecular complexity index is 163. The van der Waals surface area contributed by atoms with Gasteiger partial charge in [0.15, 0.2) is 0 Å². The van der Waals surface area contributed by atoms with Crippen molar-refractivity contribution in [3.8, 4) is 0 Å². The maximum atomic E-state index is 3.56. The summed E-state index contributed by atoms with van der Waals surface area (Å²) in [6, 6.07) is 0. The topological polar surface area (TPSA) is 18.5 Å². The monoisotopic (exact) mass is 229 g/mol. The average Bonchev–Trinajstić information content (AvgIpc) is 2.16. The first kappa shape index (κ1) is 15.9. The molecule has 0 aliphatic carbocycles. The Balaban J connectivity index is 3.64. The van der Waals surface area contributed by atoms with Gasteiger partial charge in [0.1, 0.15) is 0 Å². The maximum absolute atomic E-state index is 3.56. The summed E-state index contributed by atoms with van der Waals surface area (Å²) < 4.78 is 0. The van der Waals surface area contributed by atoms with Crippen LogP contribution in [0.15, 0.2) is 0 Å². The zero-order valence-corrected chi connectivity index (χ0v) is 12.1. The van der Waals surface area contributed by atoms with Crippen LogP contribution in [0.4, 0.5) is 0 Å². The molecule has 0 aliphatic rings. The van der Waals surface area contributed by atoms with Gasteiger partial charge < -0.3 is 15.1 Å². The largest absolute Gasteiger partial charge is 0.315 e. The number of hydrogen-bond acceptors (Lipinski definition) is 3. The Hall–Kier alpha value is -0.120. The molecular formula is C13H31N3. The van der Waals surface area contributed by atoms with E-state index in [9.17, 15) is 0 Å². The van der Waals surface area contributed by atoms with Crippen molar-refractivity contribution in [1.82, 2.24) is 15.1 Å². The lowest BCUT2D eigenvalue weighted by Crippen LogP contribution is -2.40. The van der Waals surface area contributed by atoms with Crippen LogP contribution in [0.3, 0.4) is 0 Å². The van der Waals surface area contributed by atoms with E-state index in [0.29, 0.717) is 5.41 Å². The van der Waals surface area contributed by atoms with E-state index in [0.717, 1.165) is 39.3 Å². The van der Waals surface area contributed by atoms with Crippen molar-refractivity contribution in [2.75, 3.05) is 53.4 Å². The van der Waals surface area contributed by atoms with Gasteiger partial charge in [-0.05, 0) is 32.6 Å². The summed E-state index contributed by atoms with van der Waals surface area (Å²) in [7, 11) is 4.27. The smallest absolute Gasteiger partial charge is 0.0107 e. The molecule has 0 heterocycles. The molecule has 0 saturated heterocycles. The van der Waals surface area contributed by atoms with Gasteiger partial charge in [-0.2, -0.15) is 0 Å². The Morgan fingerprint density at radius 3 is 2.06 bits per heavy atom. The van der Waals surface area contributed by atoms with Gasteiger partial charge in [-0.1, -0.05) is 27.7 Å². The molecule has 0 rings (SSSR count). The highest BCUT2D eigenvalue weighted by molar-refractivity contribution is 4.74. The predicted molar refractivity (Wildman–Crippen MR) is 73.0 cm³/mol. The van der Waals surface area contributed by atoms with Crippen LogP contribution in [0.5, 0.6) is 0 Å². The van der Waals surface area contributed by atoms with Crippen molar-refractivity contribution in [3.63, 3.8) is 0 Å². The van der Waals surface area contributed by atoms with Gasteiger partial charge in [0, 0.05) is 26.2 Å². The van der Waals surface area contributed by atoms with Crippen molar-refractivity contribution >= 4 is 0 Å². The normalized spacial score (nSPS) is 12.8. The van der Waals surface area contributed by atoms with E-state index < -0.39 is 0 Å². The Labute approximate surface area is 102 Å². The van der Waals surface area contributed by atoms with Gasteiger partial charge in [-0.15, -0.1) is 0 Å². The van der Waals surface area contributed by atoms with Crippen LogP contribution >= 0.6 is 0 Å². The second kappa shape index (κ2) is 8.04. The van der Waals surface area contributed by atoms with Crippen molar-refractivity contribution in [3.05, 3.63) is 0 Å². The molecule has 0 radical (unpaired) electrons. The number of nitrogens with zero attached hydrogens (tertiary/aromatic N) is 2. The van der Waals surface area contributed by atoms with Crippen LogP contribution < -0.4 is 5.32 Å². The summed E-state index contributed by atoms with van der Waals surface area (Å²) in [6.07, 6.45) is 0. The number of nitrogens with one attached hydrogen (secondary N) is 1. The fourth-order valence-electron chi connectivity index (χ4n) is 2.12. The van der Waals surface area contributed by atoms with E-state index in [1.807, 2.05) is 0 Å². The second-order valence-electron chi connectivity index (χ2n) is 5.61. The third-order valence-corrected chi connectivity index (χ3v) is 2.85. The molecule has 0 unspecified atom stereocenters. The van der Waals surface area contributed by atoms with Crippen LogP contribution in [0, 0.1) is 5.41 Å². The first-order chi connectivity index (χ1) is 7.41. The summed E-state index contributed by atoms with van der Waals surface area (Å²) >= 11 is 0. The number of likely N-dealkylation sites (N-methyl/N-ethyl adjacent to an activating group) is 1. The van der Waals surface area contributed by atoms with Crippen molar-refractivity contribution in [2.45, 2.75) is 27.7 Å². The Morgan fingerprint density at radius 1 is 1.06 bits per heavy atom. The lowest BCUT2D eigenvalue weighted by molar-refractivity contribution is 0.226. The number of hydrogen-bond donors (Lipinski definition) is 1. The maximum Gasteiger partial charge on any atom is 0.0107 e. The molecule has 3 nitrogen and oxygen atoms in total. The van der Waals surface area contributed by atoms with Gasteiger partial charge in [0.05, 0.1) is 0 Å². The highest BCUT2D eigenvalue weighted by atomic mass is 15.1. The van der Waals surface area contributed by atoms with Gasteiger partial charge in [-0.25, -0.2) is 0 Å². The zero-order chi connectivity index (χ0) is 12.6. The van der Waals surface area contributed by atoms with Crippen molar-refractivity contribution < 1.29 is 0 Å². The molecule has 1 N–H and O–H groups in total. The van der Waals surface area contributed by atoms with E-state index in [-0.39, 0.29) is 0 Å². The van der Waals surface area contributed by atoms with E-state index in [2.05, 4.69) is 56.9 Å². The first-order valence-electron chi connectivity index (χ1n) is 6.49. The summed E-state index contributed by atoms with van der Waals surface area (Å²) in [5.41, 5.74) is 0.354.